The third kappa shape index (κ3) is 4.58. The molecule has 0 spiro atoms. The fourth-order valence-corrected chi connectivity index (χ4v) is 2.97. The number of hydrogen-bond donors (Lipinski definition) is 1. The predicted molar refractivity (Wildman–Crippen MR) is 95.6 cm³/mol. The second-order valence-electron chi connectivity index (χ2n) is 5.18. The predicted octanol–water partition coefficient (Wildman–Crippen LogP) is 3.93. The van der Waals surface area contributed by atoms with E-state index in [0.717, 1.165) is 4.88 Å². The molecule has 0 bridgehead atoms. The van der Waals surface area contributed by atoms with Gasteiger partial charge in [0.15, 0.2) is 6.10 Å². The first kappa shape index (κ1) is 17.4. The van der Waals surface area contributed by atoms with E-state index in [9.17, 15) is 4.79 Å². The Morgan fingerprint density at radius 2 is 2.28 bits per heavy atom. The van der Waals surface area contributed by atoms with Crippen LogP contribution in [0.1, 0.15) is 19.2 Å². The molecule has 130 valence electrons. The summed E-state index contributed by atoms with van der Waals surface area (Å²) in [5.74, 6) is 1.15. The molecule has 1 N–H and O–H groups in total. The number of carbonyl (C=O) groups excluding carboxylic acids is 1. The number of amides is 1. The topological polar surface area (TPSA) is 77.2 Å². The Labute approximate surface area is 153 Å². The van der Waals surface area contributed by atoms with Crippen LogP contribution in [-0.2, 0) is 11.3 Å². The Balaban J connectivity index is 1.57. The van der Waals surface area contributed by atoms with Crippen molar-refractivity contribution in [2.45, 2.75) is 26.0 Å². The van der Waals surface area contributed by atoms with E-state index in [0.29, 0.717) is 28.9 Å². The molecule has 0 aliphatic heterocycles. The lowest BCUT2D eigenvalue weighted by atomic mass is 10.2. The standard InChI is InChI=1S/C17H16ClN3O3S/c1-2-13(23-12-6-3-5-11(18)9-12)17(22)19-10-15-20-16(21-24-15)14-7-4-8-25-14/h3-9,13H,2,10H2,1H3,(H,19,22). The van der Waals surface area contributed by atoms with Gasteiger partial charge in [-0.1, -0.05) is 35.8 Å². The number of aromatic nitrogens is 2. The minimum atomic E-state index is -0.627. The molecule has 8 heteroatoms. The van der Waals surface area contributed by atoms with Gasteiger partial charge in [-0.15, -0.1) is 11.3 Å². The largest absolute Gasteiger partial charge is 0.481 e. The van der Waals surface area contributed by atoms with Crippen LogP contribution in [0.25, 0.3) is 10.7 Å². The summed E-state index contributed by atoms with van der Waals surface area (Å²) in [5.41, 5.74) is 0. The molecule has 3 rings (SSSR count). The Morgan fingerprint density at radius 1 is 1.40 bits per heavy atom. The Bertz CT molecular complexity index is 835. The van der Waals surface area contributed by atoms with E-state index in [2.05, 4.69) is 15.5 Å². The van der Waals surface area contributed by atoms with Gasteiger partial charge in [0, 0.05) is 5.02 Å². The van der Waals surface area contributed by atoms with Crippen molar-refractivity contribution in [3.8, 4) is 16.5 Å². The first-order valence-corrected chi connectivity index (χ1v) is 8.98. The third-order valence-electron chi connectivity index (χ3n) is 3.36. The molecule has 3 aromatic rings. The van der Waals surface area contributed by atoms with Crippen molar-refractivity contribution in [2.24, 2.45) is 0 Å². The Hall–Kier alpha value is -2.38. The van der Waals surface area contributed by atoms with Crippen molar-refractivity contribution >= 4 is 28.8 Å². The zero-order valence-corrected chi connectivity index (χ0v) is 15.0. The molecule has 6 nitrogen and oxygen atoms in total. The molecule has 0 saturated heterocycles. The van der Waals surface area contributed by atoms with Crippen molar-refractivity contribution in [1.29, 1.82) is 0 Å². The minimum Gasteiger partial charge on any atom is -0.481 e. The van der Waals surface area contributed by atoms with Crippen LogP contribution in [0.5, 0.6) is 5.75 Å². The summed E-state index contributed by atoms with van der Waals surface area (Å²) in [7, 11) is 0. The monoisotopic (exact) mass is 377 g/mol. The van der Waals surface area contributed by atoms with Crippen LogP contribution < -0.4 is 10.1 Å². The average Bonchev–Trinajstić information content (AvgIpc) is 3.28. The summed E-state index contributed by atoms with van der Waals surface area (Å²) in [4.78, 5) is 17.5. The second-order valence-corrected chi connectivity index (χ2v) is 6.56. The van der Waals surface area contributed by atoms with Gasteiger partial charge in [-0.05, 0) is 36.1 Å². The van der Waals surface area contributed by atoms with E-state index >= 15 is 0 Å². The van der Waals surface area contributed by atoms with E-state index < -0.39 is 6.10 Å². The van der Waals surface area contributed by atoms with Crippen LogP contribution >= 0.6 is 22.9 Å². The molecule has 0 saturated carbocycles. The van der Waals surface area contributed by atoms with E-state index in [1.165, 1.54) is 11.3 Å². The van der Waals surface area contributed by atoms with Crippen LogP contribution in [-0.4, -0.2) is 22.2 Å². The van der Waals surface area contributed by atoms with Crippen LogP contribution in [0.2, 0.25) is 5.02 Å². The first-order valence-electron chi connectivity index (χ1n) is 7.72. The zero-order valence-electron chi connectivity index (χ0n) is 13.4. The fraction of sp³-hybridized carbons (Fsp3) is 0.235. The maximum Gasteiger partial charge on any atom is 0.261 e. The molecule has 0 fully saturated rings. The molecule has 0 aliphatic carbocycles. The highest BCUT2D eigenvalue weighted by molar-refractivity contribution is 7.13. The fourth-order valence-electron chi connectivity index (χ4n) is 2.14. The highest BCUT2D eigenvalue weighted by atomic mass is 35.5. The lowest BCUT2D eigenvalue weighted by Crippen LogP contribution is -2.37. The lowest BCUT2D eigenvalue weighted by molar-refractivity contribution is -0.128. The summed E-state index contributed by atoms with van der Waals surface area (Å²) >= 11 is 7.45. The van der Waals surface area contributed by atoms with Gasteiger partial charge in [-0.25, -0.2) is 0 Å². The van der Waals surface area contributed by atoms with Gasteiger partial charge in [0.2, 0.25) is 11.7 Å². The molecule has 1 unspecified atom stereocenters. The van der Waals surface area contributed by atoms with Crippen LogP contribution in [0.3, 0.4) is 0 Å². The smallest absolute Gasteiger partial charge is 0.261 e. The number of nitrogens with one attached hydrogen (secondary N) is 1. The number of halogens is 1. The number of thiophene rings is 1. The molecule has 25 heavy (non-hydrogen) atoms. The van der Waals surface area contributed by atoms with Gasteiger partial charge in [-0.3, -0.25) is 4.79 Å². The van der Waals surface area contributed by atoms with Gasteiger partial charge in [0.25, 0.3) is 5.91 Å². The number of hydrogen-bond acceptors (Lipinski definition) is 6. The number of carbonyl (C=O) groups is 1. The van der Waals surface area contributed by atoms with E-state index in [-0.39, 0.29) is 12.5 Å². The molecular weight excluding hydrogens is 362 g/mol. The first-order chi connectivity index (χ1) is 12.2. The van der Waals surface area contributed by atoms with Crippen LogP contribution in [0.15, 0.2) is 46.3 Å². The van der Waals surface area contributed by atoms with Crippen molar-refractivity contribution < 1.29 is 14.1 Å². The van der Waals surface area contributed by atoms with Crippen molar-refractivity contribution in [2.75, 3.05) is 0 Å². The summed E-state index contributed by atoms with van der Waals surface area (Å²) in [6.07, 6.45) is -0.110. The highest BCUT2D eigenvalue weighted by Gasteiger charge is 2.19. The van der Waals surface area contributed by atoms with E-state index in [1.54, 1.807) is 24.3 Å². The van der Waals surface area contributed by atoms with Gasteiger partial charge in [0.05, 0.1) is 11.4 Å². The van der Waals surface area contributed by atoms with E-state index in [1.807, 2.05) is 24.4 Å². The second kappa shape index (κ2) is 8.13. The van der Waals surface area contributed by atoms with Crippen LogP contribution in [0.4, 0.5) is 0 Å². The average molecular weight is 378 g/mol. The van der Waals surface area contributed by atoms with Gasteiger partial charge in [0.1, 0.15) is 5.75 Å². The molecule has 0 aliphatic rings. The molecule has 1 amide bonds. The summed E-state index contributed by atoms with van der Waals surface area (Å²) in [6, 6.07) is 10.8. The lowest BCUT2D eigenvalue weighted by Gasteiger charge is -2.16. The van der Waals surface area contributed by atoms with Gasteiger partial charge < -0.3 is 14.6 Å². The minimum absolute atomic E-state index is 0.145. The normalized spacial score (nSPS) is 11.9. The molecule has 0 radical (unpaired) electrons. The Kier molecular flexibility index (Phi) is 5.67. The number of ether oxygens (including phenoxy) is 1. The molecular formula is C17H16ClN3O3S. The maximum absolute atomic E-state index is 12.3. The molecule has 2 heterocycles. The van der Waals surface area contributed by atoms with Gasteiger partial charge >= 0.3 is 0 Å². The van der Waals surface area contributed by atoms with Gasteiger partial charge in [-0.2, -0.15) is 4.98 Å². The Morgan fingerprint density at radius 3 is 3.00 bits per heavy atom. The zero-order chi connectivity index (χ0) is 17.6. The SMILES string of the molecule is CCC(Oc1cccc(Cl)c1)C(=O)NCc1nc(-c2cccs2)no1. The van der Waals surface area contributed by atoms with Crippen LogP contribution in [0, 0.1) is 0 Å². The number of nitrogens with zero attached hydrogens (tertiary/aromatic N) is 2. The highest BCUT2D eigenvalue weighted by Crippen LogP contribution is 2.21. The maximum atomic E-state index is 12.3. The van der Waals surface area contributed by atoms with E-state index in [4.69, 9.17) is 20.9 Å². The number of benzene rings is 1. The summed E-state index contributed by atoms with van der Waals surface area (Å²) < 4.78 is 10.9. The molecule has 1 aromatic carbocycles. The quantitative estimate of drug-likeness (QED) is 0.675. The number of rotatable bonds is 7. The summed E-state index contributed by atoms with van der Waals surface area (Å²) in [5, 5.41) is 9.15. The molecule has 2 aromatic heterocycles. The van der Waals surface area contributed by atoms with Crippen molar-refractivity contribution in [1.82, 2.24) is 15.5 Å². The van der Waals surface area contributed by atoms with Crippen molar-refractivity contribution in [3.63, 3.8) is 0 Å². The van der Waals surface area contributed by atoms with Crippen molar-refractivity contribution in [3.05, 3.63) is 52.7 Å². The molecule has 1 atom stereocenters. The summed E-state index contributed by atoms with van der Waals surface area (Å²) in [6.45, 7) is 2.02. The third-order valence-corrected chi connectivity index (χ3v) is 4.46.